The van der Waals surface area contributed by atoms with E-state index in [0.29, 0.717) is 6.42 Å². The predicted octanol–water partition coefficient (Wildman–Crippen LogP) is 3.28. The lowest BCUT2D eigenvalue weighted by Gasteiger charge is -2.35. The van der Waals surface area contributed by atoms with Gasteiger partial charge in [0.05, 0.1) is 11.7 Å². The maximum Gasteiger partial charge on any atom is 0.573 e. The van der Waals surface area contributed by atoms with Crippen molar-refractivity contribution in [2.45, 2.75) is 37.7 Å². The van der Waals surface area contributed by atoms with E-state index in [0.717, 1.165) is 30.2 Å². The van der Waals surface area contributed by atoms with Crippen molar-refractivity contribution in [2.75, 3.05) is 0 Å². The van der Waals surface area contributed by atoms with Gasteiger partial charge in [-0.15, -0.1) is 13.2 Å². The number of rotatable bonds is 2. The second kappa shape index (κ2) is 5.72. The van der Waals surface area contributed by atoms with Crippen LogP contribution in [0.15, 0.2) is 36.8 Å². The van der Waals surface area contributed by atoms with Crippen LogP contribution >= 0.6 is 0 Å². The number of hydrogen-bond acceptors (Lipinski definition) is 4. The van der Waals surface area contributed by atoms with E-state index in [-0.39, 0.29) is 23.6 Å². The van der Waals surface area contributed by atoms with Crippen molar-refractivity contribution in [1.29, 1.82) is 0 Å². The van der Waals surface area contributed by atoms with Crippen LogP contribution in [0.1, 0.15) is 40.5 Å². The highest BCUT2D eigenvalue weighted by atomic mass is 19.4. The Morgan fingerprint density at radius 1 is 1.28 bits per heavy atom. The third-order valence-corrected chi connectivity index (χ3v) is 4.67. The number of carbonyl (C=O) groups excluding carboxylic acids is 1. The van der Waals surface area contributed by atoms with Gasteiger partial charge in [0.1, 0.15) is 12.1 Å². The maximum atomic E-state index is 12.9. The molecule has 2 atom stereocenters. The minimum absolute atomic E-state index is 0.00657. The van der Waals surface area contributed by atoms with Gasteiger partial charge < -0.3 is 9.64 Å². The van der Waals surface area contributed by atoms with Crippen LogP contribution in [0.5, 0.6) is 5.75 Å². The highest BCUT2D eigenvalue weighted by Gasteiger charge is 2.43. The number of ether oxygens (including phenoxy) is 1. The summed E-state index contributed by atoms with van der Waals surface area (Å²) >= 11 is 0. The Hall–Kier alpha value is -2.64. The van der Waals surface area contributed by atoms with Gasteiger partial charge in [-0.1, -0.05) is 6.07 Å². The molecule has 130 valence electrons. The fraction of sp³-hybridized carbons (Fsp3) is 0.353. The van der Waals surface area contributed by atoms with Crippen molar-refractivity contribution < 1.29 is 22.7 Å². The summed E-state index contributed by atoms with van der Waals surface area (Å²) in [5.41, 5.74) is 2.05. The molecule has 1 aromatic heterocycles. The SMILES string of the molecule is O=C(c1cccc(OC(F)(F)F)c1)N1C2CCC1c1cncnc1C2. The lowest BCUT2D eigenvalue weighted by Crippen LogP contribution is -2.42. The van der Waals surface area contributed by atoms with Crippen molar-refractivity contribution in [1.82, 2.24) is 14.9 Å². The summed E-state index contributed by atoms with van der Waals surface area (Å²) in [6, 6.07) is 5.07. The van der Waals surface area contributed by atoms with Crippen LogP contribution in [-0.4, -0.2) is 33.2 Å². The molecule has 0 N–H and O–H groups in total. The fourth-order valence-corrected chi connectivity index (χ4v) is 3.71. The highest BCUT2D eigenvalue weighted by molar-refractivity contribution is 5.95. The van der Waals surface area contributed by atoms with Gasteiger partial charge in [-0.2, -0.15) is 0 Å². The van der Waals surface area contributed by atoms with Gasteiger partial charge in [0, 0.05) is 29.8 Å². The number of benzene rings is 1. The molecule has 0 saturated carbocycles. The predicted molar refractivity (Wildman–Crippen MR) is 80.8 cm³/mol. The lowest BCUT2D eigenvalue weighted by molar-refractivity contribution is -0.274. The smallest absolute Gasteiger partial charge is 0.406 e. The molecule has 0 aliphatic carbocycles. The first-order valence-electron chi connectivity index (χ1n) is 7.89. The summed E-state index contributed by atoms with van der Waals surface area (Å²) < 4.78 is 41.1. The molecule has 3 heterocycles. The number of alkyl halides is 3. The molecular formula is C17H14F3N3O2. The summed E-state index contributed by atoms with van der Waals surface area (Å²) in [7, 11) is 0. The third kappa shape index (κ3) is 2.92. The van der Waals surface area contributed by atoms with Crippen LogP contribution in [0, 0.1) is 0 Å². The minimum atomic E-state index is -4.79. The molecule has 2 aliphatic heterocycles. The van der Waals surface area contributed by atoms with Gasteiger partial charge in [-0.3, -0.25) is 4.79 Å². The van der Waals surface area contributed by atoms with Crippen molar-refractivity contribution in [3.63, 3.8) is 0 Å². The summed E-state index contributed by atoms with van der Waals surface area (Å²) in [6.45, 7) is 0. The van der Waals surface area contributed by atoms with E-state index in [1.54, 1.807) is 11.1 Å². The zero-order valence-corrected chi connectivity index (χ0v) is 13.0. The maximum absolute atomic E-state index is 12.9. The fourth-order valence-electron chi connectivity index (χ4n) is 3.71. The van der Waals surface area contributed by atoms with Crippen LogP contribution in [0.25, 0.3) is 0 Å². The van der Waals surface area contributed by atoms with Gasteiger partial charge >= 0.3 is 6.36 Å². The molecule has 5 nitrogen and oxygen atoms in total. The van der Waals surface area contributed by atoms with E-state index in [9.17, 15) is 18.0 Å². The average molecular weight is 349 g/mol. The molecule has 1 amide bonds. The van der Waals surface area contributed by atoms with Gasteiger partial charge in [0.2, 0.25) is 0 Å². The van der Waals surface area contributed by atoms with Crippen LogP contribution < -0.4 is 4.74 Å². The van der Waals surface area contributed by atoms with E-state index in [4.69, 9.17) is 0 Å². The van der Waals surface area contributed by atoms with Crippen molar-refractivity contribution in [3.8, 4) is 5.75 Å². The van der Waals surface area contributed by atoms with Gasteiger partial charge in [0.25, 0.3) is 5.91 Å². The van der Waals surface area contributed by atoms with Gasteiger partial charge in [-0.05, 0) is 31.0 Å². The largest absolute Gasteiger partial charge is 0.573 e. The molecule has 2 aromatic rings. The Balaban J connectivity index is 1.63. The molecule has 2 bridgehead atoms. The first kappa shape index (κ1) is 15.9. The molecule has 0 radical (unpaired) electrons. The van der Waals surface area contributed by atoms with Crippen LogP contribution in [0.2, 0.25) is 0 Å². The van der Waals surface area contributed by atoms with Crippen molar-refractivity contribution in [2.24, 2.45) is 0 Å². The van der Waals surface area contributed by atoms with Crippen LogP contribution in [-0.2, 0) is 6.42 Å². The lowest BCUT2D eigenvalue weighted by atomic mass is 9.98. The normalized spacial score (nSPS) is 21.8. The molecule has 8 heteroatoms. The zero-order valence-electron chi connectivity index (χ0n) is 13.0. The van der Waals surface area contributed by atoms with E-state index in [1.165, 1.54) is 24.5 Å². The van der Waals surface area contributed by atoms with E-state index < -0.39 is 12.1 Å². The Kier molecular flexibility index (Phi) is 3.63. The molecule has 1 saturated heterocycles. The topological polar surface area (TPSA) is 55.3 Å². The highest BCUT2D eigenvalue weighted by Crippen LogP contribution is 2.43. The summed E-state index contributed by atoms with van der Waals surface area (Å²) in [5.74, 6) is -0.693. The minimum Gasteiger partial charge on any atom is -0.406 e. The number of halogens is 3. The van der Waals surface area contributed by atoms with Crippen LogP contribution in [0.4, 0.5) is 13.2 Å². The second-order valence-corrected chi connectivity index (χ2v) is 6.16. The second-order valence-electron chi connectivity index (χ2n) is 6.16. The Labute approximate surface area is 141 Å². The van der Waals surface area contributed by atoms with Crippen molar-refractivity contribution >= 4 is 5.91 Å². The Morgan fingerprint density at radius 3 is 2.92 bits per heavy atom. The standard InChI is InChI=1S/C17H14F3N3O2/c18-17(19,20)25-12-3-1-2-10(6-12)16(24)23-11-4-5-15(23)13-8-21-9-22-14(13)7-11/h1-3,6,8-9,11,15H,4-5,7H2. The summed E-state index contributed by atoms with van der Waals surface area (Å²) in [4.78, 5) is 23.0. The Morgan fingerprint density at radius 2 is 2.12 bits per heavy atom. The van der Waals surface area contributed by atoms with E-state index in [1.807, 2.05) is 0 Å². The number of aromatic nitrogens is 2. The van der Waals surface area contributed by atoms with Crippen molar-refractivity contribution in [3.05, 3.63) is 53.6 Å². The summed E-state index contributed by atoms with van der Waals surface area (Å²) in [6.07, 6.45) is 0.702. The molecule has 4 rings (SSSR count). The number of carbonyl (C=O) groups is 1. The summed E-state index contributed by atoms with van der Waals surface area (Å²) in [5, 5.41) is 0. The third-order valence-electron chi connectivity index (χ3n) is 4.67. The molecule has 2 aliphatic rings. The van der Waals surface area contributed by atoms with Crippen LogP contribution in [0.3, 0.4) is 0 Å². The van der Waals surface area contributed by atoms with Gasteiger partial charge in [-0.25, -0.2) is 9.97 Å². The van der Waals surface area contributed by atoms with Gasteiger partial charge in [0.15, 0.2) is 0 Å². The monoisotopic (exact) mass is 349 g/mol. The molecule has 0 spiro atoms. The molecule has 25 heavy (non-hydrogen) atoms. The number of fused-ring (bicyclic) bond motifs is 4. The first-order chi connectivity index (χ1) is 11.9. The molecule has 2 unspecified atom stereocenters. The number of nitrogens with zero attached hydrogens (tertiary/aromatic N) is 3. The number of amides is 1. The first-order valence-corrected chi connectivity index (χ1v) is 7.89. The molecule has 1 fully saturated rings. The zero-order chi connectivity index (χ0) is 17.6. The quantitative estimate of drug-likeness (QED) is 0.835. The van der Waals surface area contributed by atoms with E-state index >= 15 is 0 Å². The number of hydrogen-bond donors (Lipinski definition) is 0. The molecule has 1 aromatic carbocycles. The van der Waals surface area contributed by atoms with E-state index in [2.05, 4.69) is 14.7 Å². The molecular weight excluding hydrogens is 335 g/mol. The average Bonchev–Trinajstić information content (AvgIpc) is 2.88. The Bertz CT molecular complexity index is 825.